The van der Waals surface area contributed by atoms with Gasteiger partial charge < -0.3 is 15.0 Å². The Kier molecular flexibility index (Phi) is 5.55. The number of carbonyl (C=O) groups excluding carboxylic acids is 2. The van der Waals surface area contributed by atoms with Crippen molar-refractivity contribution in [1.29, 1.82) is 0 Å². The van der Waals surface area contributed by atoms with Crippen LogP contribution in [0.5, 0.6) is 11.5 Å². The molecule has 1 saturated heterocycles. The maximum absolute atomic E-state index is 12.9. The summed E-state index contributed by atoms with van der Waals surface area (Å²) < 4.78 is 18.5. The molecule has 5 nitrogen and oxygen atoms in total. The second-order valence-electron chi connectivity index (χ2n) is 5.55. The van der Waals surface area contributed by atoms with Gasteiger partial charge in [0, 0.05) is 6.54 Å². The van der Waals surface area contributed by atoms with Crippen molar-refractivity contribution in [3.05, 3.63) is 59.9 Å². The van der Waals surface area contributed by atoms with E-state index in [-0.39, 0.29) is 24.2 Å². The quantitative estimate of drug-likeness (QED) is 0.861. The van der Waals surface area contributed by atoms with E-state index >= 15 is 0 Å². The van der Waals surface area contributed by atoms with E-state index in [0.717, 1.165) is 5.56 Å². The van der Waals surface area contributed by atoms with Crippen molar-refractivity contribution in [3.63, 3.8) is 0 Å². The monoisotopic (exact) mass is 360 g/mol. The molecule has 0 atom stereocenters. The van der Waals surface area contributed by atoms with Crippen LogP contribution in [0.15, 0.2) is 48.5 Å². The number of carbonyl (C=O) groups is 2. The third kappa shape index (κ3) is 4.96. The van der Waals surface area contributed by atoms with Crippen LogP contribution >= 0.6 is 11.8 Å². The van der Waals surface area contributed by atoms with E-state index in [0.29, 0.717) is 29.7 Å². The van der Waals surface area contributed by atoms with Gasteiger partial charge in [0.2, 0.25) is 11.8 Å². The molecular formula is C18H17FN2O3S. The standard InChI is InChI=1S/C18H17FN2O3S/c19-14-3-7-16(8-4-14)24-15-5-1-13(2-6-15)9-20-17(22)10-21-12-25-11-18(21)23/h1-8H,9-12H2,(H,20,22). The lowest BCUT2D eigenvalue weighted by molar-refractivity contribution is -0.132. The van der Waals surface area contributed by atoms with E-state index in [2.05, 4.69) is 5.32 Å². The predicted octanol–water partition coefficient (Wildman–Crippen LogP) is 2.77. The van der Waals surface area contributed by atoms with Gasteiger partial charge in [0.25, 0.3) is 0 Å². The van der Waals surface area contributed by atoms with Gasteiger partial charge in [-0.15, -0.1) is 11.8 Å². The highest BCUT2D eigenvalue weighted by molar-refractivity contribution is 8.00. The maximum atomic E-state index is 12.9. The summed E-state index contributed by atoms with van der Waals surface area (Å²) in [5, 5.41) is 2.80. The molecule has 1 fully saturated rings. The van der Waals surface area contributed by atoms with Crippen LogP contribution in [0.3, 0.4) is 0 Å². The van der Waals surface area contributed by atoms with Gasteiger partial charge in [-0.2, -0.15) is 0 Å². The Morgan fingerprint density at radius 3 is 2.36 bits per heavy atom. The molecule has 1 aliphatic heterocycles. The zero-order valence-electron chi connectivity index (χ0n) is 13.4. The van der Waals surface area contributed by atoms with E-state index in [1.165, 1.54) is 23.9 Å². The van der Waals surface area contributed by atoms with Crippen LogP contribution in [0.1, 0.15) is 5.56 Å². The van der Waals surface area contributed by atoms with Crippen molar-refractivity contribution in [1.82, 2.24) is 10.2 Å². The molecular weight excluding hydrogens is 343 g/mol. The molecule has 3 rings (SSSR count). The number of amides is 2. The Morgan fingerprint density at radius 2 is 1.76 bits per heavy atom. The molecule has 0 saturated carbocycles. The lowest BCUT2D eigenvalue weighted by Crippen LogP contribution is -2.37. The number of benzene rings is 2. The zero-order valence-corrected chi connectivity index (χ0v) is 14.2. The van der Waals surface area contributed by atoms with Gasteiger partial charge >= 0.3 is 0 Å². The number of halogens is 1. The second-order valence-corrected chi connectivity index (χ2v) is 6.50. The fourth-order valence-electron chi connectivity index (χ4n) is 2.28. The van der Waals surface area contributed by atoms with Crippen LogP contribution in [0.25, 0.3) is 0 Å². The highest BCUT2D eigenvalue weighted by Crippen LogP contribution is 2.21. The van der Waals surface area contributed by atoms with Gasteiger partial charge in [-0.1, -0.05) is 12.1 Å². The highest BCUT2D eigenvalue weighted by atomic mass is 32.2. The summed E-state index contributed by atoms with van der Waals surface area (Å²) in [7, 11) is 0. The molecule has 0 aromatic heterocycles. The number of hydrogen-bond donors (Lipinski definition) is 1. The Balaban J connectivity index is 1.48. The van der Waals surface area contributed by atoms with E-state index in [1.807, 2.05) is 12.1 Å². The number of nitrogens with one attached hydrogen (secondary N) is 1. The molecule has 0 spiro atoms. The molecule has 0 unspecified atom stereocenters. The normalized spacial score (nSPS) is 13.8. The SMILES string of the molecule is O=C(CN1CSCC1=O)NCc1ccc(Oc2ccc(F)cc2)cc1. The molecule has 25 heavy (non-hydrogen) atoms. The van der Waals surface area contributed by atoms with Gasteiger partial charge in [-0.25, -0.2) is 4.39 Å². The summed E-state index contributed by atoms with van der Waals surface area (Å²) in [5.41, 5.74) is 0.918. The fourth-order valence-corrected chi connectivity index (χ4v) is 3.19. The first-order valence-electron chi connectivity index (χ1n) is 7.75. The molecule has 1 aliphatic rings. The summed E-state index contributed by atoms with van der Waals surface area (Å²) in [4.78, 5) is 24.9. The molecule has 1 heterocycles. The van der Waals surface area contributed by atoms with Crippen molar-refractivity contribution in [3.8, 4) is 11.5 Å². The van der Waals surface area contributed by atoms with Crippen LogP contribution in [0, 0.1) is 5.82 Å². The molecule has 2 amide bonds. The average molecular weight is 360 g/mol. The number of thioether (sulfide) groups is 1. The summed E-state index contributed by atoms with van der Waals surface area (Å²) in [5.74, 6) is 1.71. The van der Waals surface area contributed by atoms with Crippen LogP contribution in [0.2, 0.25) is 0 Å². The molecule has 7 heteroatoms. The lowest BCUT2D eigenvalue weighted by atomic mass is 10.2. The van der Waals surface area contributed by atoms with Gasteiger partial charge in [0.1, 0.15) is 23.9 Å². The first-order chi connectivity index (χ1) is 12.1. The summed E-state index contributed by atoms with van der Waals surface area (Å²) in [6, 6.07) is 13.0. The zero-order chi connectivity index (χ0) is 17.6. The molecule has 2 aromatic rings. The molecule has 1 N–H and O–H groups in total. The maximum Gasteiger partial charge on any atom is 0.239 e. The third-order valence-corrected chi connectivity index (χ3v) is 4.57. The Labute approximate surface area is 149 Å². The molecule has 0 aliphatic carbocycles. The van der Waals surface area contributed by atoms with Crippen LogP contribution in [-0.2, 0) is 16.1 Å². The third-order valence-electron chi connectivity index (χ3n) is 3.62. The topological polar surface area (TPSA) is 58.6 Å². The first-order valence-corrected chi connectivity index (χ1v) is 8.90. The fraction of sp³-hybridized carbons (Fsp3) is 0.222. The van der Waals surface area contributed by atoms with Crippen molar-refractivity contribution in [2.75, 3.05) is 18.2 Å². The van der Waals surface area contributed by atoms with Crippen molar-refractivity contribution >= 4 is 23.6 Å². The summed E-state index contributed by atoms with van der Waals surface area (Å²) >= 11 is 1.51. The number of ether oxygens (including phenoxy) is 1. The van der Waals surface area contributed by atoms with E-state index in [4.69, 9.17) is 4.74 Å². The predicted molar refractivity (Wildman–Crippen MR) is 93.8 cm³/mol. The summed E-state index contributed by atoms with van der Waals surface area (Å²) in [6.45, 7) is 0.475. The lowest BCUT2D eigenvalue weighted by Gasteiger charge is -2.14. The largest absolute Gasteiger partial charge is 0.457 e. The first kappa shape index (κ1) is 17.3. The highest BCUT2D eigenvalue weighted by Gasteiger charge is 2.22. The van der Waals surface area contributed by atoms with Gasteiger partial charge in [0.15, 0.2) is 0 Å². The Hall–Kier alpha value is -2.54. The van der Waals surface area contributed by atoms with Gasteiger partial charge in [-0.05, 0) is 42.0 Å². The molecule has 0 radical (unpaired) electrons. The minimum absolute atomic E-state index is 0.00226. The van der Waals surface area contributed by atoms with Crippen LogP contribution < -0.4 is 10.1 Å². The molecule has 2 aromatic carbocycles. The van der Waals surface area contributed by atoms with Crippen LogP contribution in [-0.4, -0.2) is 34.9 Å². The molecule has 0 bridgehead atoms. The van der Waals surface area contributed by atoms with Crippen molar-refractivity contribution in [2.24, 2.45) is 0 Å². The minimum Gasteiger partial charge on any atom is -0.457 e. The smallest absolute Gasteiger partial charge is 0.239 e. The number of hydrogen-bond acceptors (Lipinski definition) is 4. The average Bonchev–Trinajstić information content (AvgIpc) is 3.01. The minimum atomic E-state index is -0.312. The van der Waals surface area contributed by atoms with Crippen molar-refractivity contribution < 1.29 is 18.7 Å². The van der Waals surface area contributed by atoms with E-state index in [1.54, 1.807) is 29.2 Å². The van der Waals surface area contributed by atoms with E-state index < -0.39 is 0 Å². The number of rotatable bonds is 6. The van der Waals surface area contributed by atoms with E-state index in [9.17, 15) is 14.0 Å². The van der Waals surface area contributed by atoms with Gasteiger partial charge in [-0.3, -0.25) is 9.59 Å². The Morgan fingerprint density at radius 1 is 1.12 bits per heavy atom. The summed E-state index contributed by atoms with van der Waals surface area (Å²) in [6.07, 6.45) is 0. The second kappa shape index (κ2) is 8.02. The van der Waals surface area contributed by atoms with Gasteiger partial charge in [0.05, 0.1) is 11.6 Å². The van der Waals surface area contributed by atoms with Crippen molar-refractivity contribution in [2.45, 2.75) is 6.54 Å². The van der Waals surface area contributed by atoms with Crippen LogP contribution in [0.4, 0.5) is 4.39 Å². The Bertz CT molecular complexity index is 750. The number of nitrogens with zero attached hydrogens (tertiary/aromatic N) is 1. The molecule has 130 valence electrons.